The Morgan fingerprint density at radius 1 is 1.14 bits per heavy atom. The molecule has 2 aromatic heterocycles. The highest BCUT2D eigenvalue weighted by molar-refractivity contribution is 5.60. The van der Waals surface area contributed by atoms with Crippen LogP contribution >= 0.6 is 0 Å². The molecule has 0 unspecified atom stereocenters. The molecule has 0 atom stereocenters. The molecule has 8 heteroatoms. The summed E-state index contributed by atoms with van der Waals surface area (Å²) < 4.78 is 17.6. The van der Waals surface area contributed by atoms with Gasteiger partial charge in [-0.2, -0.15) is 0 Å². The van der Waals surface area contributed by atoms with E-state index in [1.807, 2.05) is 36.4 Å². The summed E-state index contributed by atoms with van der Waals surface area (Å²) in [5.74, 6) is 2.79. The summed E-state index contributed by atoms with van der Waals surface area (Å²) >= 11 is 0. The maximum Gasteiger partial charge on any atom is 0.227 e. The number of nitrogens with zero attached hydrogens (tertiary/aromatic N) is 4. The molecule has 196 valence electrons. The molecule has 0 aliphatic carbocycles. The van der Waals surface area contributed by atoms with Crippen LogP contribution in [0, 0.1) is 0 Å². The zero-order chi connectivity index (χ0) is 25.9. The number of hydrogen-bond acceptors (Lipinski definition) is 8. The first-order valence-electron chi connectivity index (χ1n) is 12.8. The van der Waals surface area contributed by atoms with E-state index in [4.69, 9.17) is 13.9 Å². The number of ether oxygens (including phenoxy) is 2. The van der Waals surface area contributed by atoms with Crippen LogP contribution in [0.4, 0.5) is 11.6 Å². The molecule has 8 nitrogen and oxygen atoms in total. The highest BCUT2D eigenvalue weighted by Crippen LogP contribution is 2.27. The van der Waals surface area contributed by atoms with E-state index >= 15 is 0 Å². The van der Waals surface area contributed by atoms with Crippen LogP contribution in [0.5, 0.6) is 5.75 Å². The Bertz CT molecular complexity index is 1160. The van der Waals surface area contributed by atoms with Gasteiger partial charge < -0.3 is 19.2 Å². The molecule has 1 aliphatic rings. The minimum atomic E-state index is 0.387. The molecule has 1 saturated heterocycles. The average Bonchev–Trinajstić information content (AvgIpc) is 3.58. The minimum Gasteiger partial charge on any atom is -0.492 e. The normalized spacial score (nSPS) is 13.7. The second-order valence-electron chi connectivity index (χ2n) is 9.17. The van der Waals surface area contributed by atoms with Crippen molar-refractivity contribution in [3.63, 3.8) is 0 Å². The standard InChI is InChI=1S/C29H37N5O3/c1-4-14-33(3)21-23-20-24(8-10-27(23)36-19-17-34-15-6-7-16-34)31-29-30-13-12-26(32-29)28-11-9-25(37-28)22-35-18-5-2/h4-5,8-13,20H,1-2,6-7,14-19,21-22H2,3H3,(H,30,31,32). The van der Waals surface area contributed by atoms with Gasteiger partial charge in [-0.25, -0.2) is 9.97 Å². The smallest absolute Gasteiger partial charge is 0.227 e. The fraction of sp³-hybridized carbons (Fsp3) is 0.379. The van der Waals surface area contributed by atoms with Crippen LogP contribution in [-0.2, 0) is 17.9 Å². The largest absolute Gasteiger partial charge is 0.492 e. The van der Waals surface area contributed by atoms with E-state index in [-0.39, 0.29) is 0 Å². The fourth-order valence-electron chi connectivity index (χ4n) is 4.31. The van der Waals surface area contributed by atoms with Gasteiger partial charge in [0, 0.05) is 37.1 Å². The van der Waals surface area contributed by atoms with E-state index in [0.29, 0.717) is 37.2 Å². The summed E-state index contributed by atoms with van der Waals surface area (Å²) in [4.78, 5) is 13.7. The van der Waals surface area contributed by atoms with E-state index in [9.17, 15) is 0 Å². The molecule has 0 bridgehead atoms. The molecule has 37 heavy (non-hydrogen) atoms. The van der Waals surface area contributed by atoms with Crippen LogP contribution in [-0.4, -0.2) is 66.2 Å². The molecule has 1 fully saturated rings. The number of rotatable bonds is 15. The summed E-state index contributed by atoms with van der Waals surface area (Å²) in [5, 5.41) is 3.33. The Hall–Kier alpha value is -3.46. The zero-order valence-corrected chi connectivity index (χ0v) is 21.7. The van der Waals surface area contributed by atoms with Crippen molar-refractivity contribution in [3.8, 4) is 17.2 Å². The highest BCUT2D eigenvalue weighted by Gasteiger charge is 2.14. The van der Waals surface area contributed by atoms with Crippen molar-refractivity contribution in [2.45, 2.75) is 26.0 Å². The third-order valence-electron chi connectivity index (χ3n) is 6.11. The monoisotopic (exact) mass is 503 g/mol. The van der Waals surface area contributed by atoms with Crippen molar-refractivity contribution >= 4 is 11.6 Å². The van der Waals surface area contributed by atoms with Crippen LogP contribution in [0.25, 0.3) is 11.5 Å². The number of likely N-dealkylation sites (N-methyl/N-ethyl adjacent to an activating group) is 1. The van der Waals surface area contributed by atoms with Crippen LogP contribution < -0.4 is 10.1 Å². The van der Waals surface area contributed by atoms with Gasteiger partial charge in [0.1, 0.15) is 30.4 Å². The third-order valence-corrected chi connectivity index (χ3v) is 6.11. The lowest BCUT2D eigenvalue weighted by atomic mass is 10.1. The second-order valence-corrected chi connectivity index (χ2v) is 9.17. The lowest BCUT2D eigenvalue weighted by Gasteiger charge is -2.20. The Morgan fingerprint density at radius 3 is 2.81 bits per heavy atom. The Balaban J connectivity index is 1.45. The highest BCUT2D eigenvalue weighted by atomic mass is 16.5. The Labute approximate surface area is 219 Å². The molecule has 1 aromatic carbocycles. The lowest BCUT2D eigenvalue weighted by Crippen LogP contribution is -2.25. The van der Waals surface area contributed by atoms with Gasteiger partial charge in [0.05, 0.1) is 6.61 Å². The van der Waals surface area contributed by atoms with Gasteiger partial charge in [-0.1, -0.05) is 12.2 Å². The van der Waals surface area contributed by atoms with Crippen molar-refractivity contribution in [3.05, 3.63) is 79.2 Å². The molecule has 0 radical (unpaired) electrons. The first-order valence-corrected chi connectivity index (χ1v) is 12.8. The van der Waals surface area contributed by atoms with Crippen LogP contribution in [0.15, 0.2) is 72.3 Å². The quantitative estimate of drug-likeness (QED) is 0.222. The third kappa shape index (κ3) is 8.01. The fourth-order valence-corrected chi connectivity index (χ4v) is 4.31. The van der Waals surface area contributed by atoms with E-state index < -0.39 is 0 Å². The number of furan rings is 1. The van der Waals surface area contributed by atoms with E-state index in [1.165, 1.54) is 25.9 Å². The van der Waals surface area contributed by atoms with E-state index in [0.717, 1.165) is 42.4 Å². The summed E-state index contributed by atoms with van der Waals surface area (Å²) in [5.41, 5.74) is 2.69. The van der Waals surface area contributed by atoms with Gasteiger partial charge in [0.25, 0.3) is 0 Å². The molecule has 1 N–H and O–H groups in total. The van der Waals surface area contributed by atoms with Crippen molar-refractivity contribution < 1.29 is 13.9 Å². The zero-order valence-electron chi connectivity index (χ0n) is 21.7. The minimum absolute atomic E-state index is 0.387. The van der Waals surface area contributed by atoms with Crippen molar-refractivity contribution in [2.75, 3.05) is 51.8 Å². The van der Waals surface area contributed by atoms with Gasteiger partial charge in [0.15, 0.2) is 5.76 Å². The molecule has 4 rings (SSSR count). The predicted octanol–water partition coefficient (Wildman–Crippen LogP) is 5.28. The molecule has 0 amide bonds. The Morgan fingerprint density at radius 2 is 2.00 bits per heavy atom. The van der Waals surface area contributed by atoms with Crippen LogP contribution in [0.1, 0.15) is 24.2 Å². The van der Waals surface area contributed by atoms with Gasteiger partial charge in [-0.15, -0.1) is 13.2 Å². The molecule has 1 aliphatic heterocycles. The summed E-state index contributed by atoms with van der Waals surface area (Å²) in [6.45, 7) is 13.9. The van der Waals surface area contributed by atoms with Gasteiger partial charge in [-0.3, -0.25) is 9.80 Å². The number of benzene rings is 1. The summed E-state index contributed by atoms with van der Waals surface area (Å²) in [6.07, 6.45) is 7.90. The van der Waals surface area contributed by atoms with Crippen LogP contribution in [0.2, 0.25) is 0 Å². The number of aromatic nitrogens is 2. The van der Waals surface area contributed by atoms with Crippen LogP contribution in [0.3, 0.4) is 0 Å². The summed E-state index contributed by atoms with van der Waals surface area (Å²) in [7, 11) is 2.07. The first-order chi connectivity index (χ1) is 18.1. The molecular weight excluding hydrogens is 466 g/mol. The topological polar surface area (TPSA) is 75.9 Å². The van der Waals surface area contributed by atoms with Gasteiger partial charge in [-0.05, 0) is 69.4 Å². The number of likely N-dealkylation sites (tertiary alicyclic amines) is 1. The molecule has 3 aromatic rings. The predicted molar refractivity (Wildman–Crippen MR) is 147 cm³/mol. The van der Waals surface area contributed by atoms with Crippen molar-refractivity contribution in [1.29, 1.82) is 0 Å². The van der Waals surface area contributed by atoms with E-state index in [1.54, 1.807) is 12.3 Å². The first kappa shape index (κ1) is 26.6. The molecule has 0 spiro atoms. The maximum absolute atomic E-state index is 6.22. The lowest BCUT2D eigenvalue weighted by molar-refractivity contribution is 0.132. The average molecular weight is 504 g/mol. The molecule has 3 heterocycles. The van der Waals surface area contributed by atoms with E-state index in [2.05, 4.69) is 51.4 Å². The van der Waals surface area contributed by atoms with Crippen molar-refractivity contribution in [2.24, 2.45) is 0 Å². The SMILES string of the molecule is C=CCOCc1ccc(-c2ccnc(Nc3ccc(OCCN4CCCC4)c(CN(C)CC=C)c3)n2)o1. The van der Waals surface area contributed by atoms with Gasteiger partial charge >= 0.3 is 0 Å². The molecular formula is C29H37N5O3. The number of nitrogens with one attached hydrogen (secondary N) is 1. The van der Waals surface area contributed by atoms with Gasteiger partial charge in [0.2, 0.25) is 5.95 Å². The Kier molecular flexibility index (Phi) is 9.88. The number of anilines is 2. The van der Waals surface area contributed by atoms with Crippen molar-refractivity contribution in [1.82, 2.24) is 19.8 Å². The number of hydrogen-bond donors (Lipinski definition) is 1. The summed E-state index contributed by atoms with van der Waals surface area (Å²) in [6, 6.07) is 11.7. The molecule has 0 saturated carbocycles. The second kappa shape index (κ2) is 13.7. The maximum atomic E-state index is 6.22.